The molecule has 1 fully saturated rings. The van der Waals surface area contributed by atoms with Gasteiger partial charge in [-0.05, 0) is 76.3 Å². The number of aliphatic hydroxyl groups excluding tert-OH is 1. The Labute approximate surface area is 229 Å². The minimum absolute atomic E-state index is 0.0311. The second-order valence-electron chi connectivity index (χ2n) is 10.7. The zero-order chi connectivity index (χ0) is 27.9. The molecular weight excluding hydrogens is 511 g/mol. The first kappa shape index (κ1) is 29.9. The second kappa shape index (κ2) is 13.4. The third kappa shape index (κ3) is 8.68. The van der Waals surface area contributed by atoms with Gasteiger partial charge in [0.05, 0.1) is 19.1 Å². The Morgan fingerprint density at radius 1 is 1.21 bits per heavy atom. The van der Waals surface area contributed by atoms with Gasteiger partial charge in [-0.1, -0.05) is 35.9 Å². The Morgan fingerprint density at radius 3 is 2.50 bits per heavy atom. The minimum atomic E-state index is -0.677. The number of esters is 1. The first-order valence-electron chi connectivity index (χ1n) is 13.0. The van der Waals surface area contributed by atoms with Crippen molar-refractivity contribution >= 4 is 23.7 Å². The van der Waals surface area contributed by atoms with Crippen molar-refractivity contribution in [1.82, 2.24) is 10.2 Å². The van der Waals surface area contributed by atoms with Gasteiger partial charge in [0.15, 0.2) is 0 Å². The molecule has 1 aliphatic heterocycles. The Hall–Kier alpha value is -2.68. The Balaban J connectivity index is 1.80. The lowest BCUT2D eigenvalue weighted by molar-refractivity contribution is -0.150. The molecule has 1 aliphatic rings. The van der Waals surface area contributed by atoms with Gasteiger partial charge in [0.2, 0.25) is 0 Å². The van der Waals surface area contributed by atoms with Crippen LogP contribution in [0.5, 0.6) is 0 Å². The van der Waals surface area contributed by atoms with Crippen LogP contribution in [0.25, 0.3) is 11.1 Å². The molecule has 0 aromatic heterocycles. The predicted octanol–water partition coefficient (Wildman–Crippen LogP) is 5.22. The molecular formula is C29H38ClFN2O5. The standard InChI is InChI=1S/C29H38ClFN2O5/c1-5-37-27(35)21(17-33-13-12-24(33)18-34)15-23(32-28(36)38-29(2,3)4)14-19-6-8-20(9-7-19)25-16-22(30)10-11-26(25)31/h6-11,16,21,23-24,34H,5,12-15,17-18H2,1-4H3,(H,32,36). The molecule has 0 spiro atoms. The van der Waals surface area contributed by atoms with E-state index in [1.54, 1.807) is 33.8 Å². The van der Waals surface area contributed by atoms with E-state index in [-0.39, 0.29) is 31.0 Å². The van der Waals surface area contributed by atoms with Crippen molar-refractivity contribution in [2.24, 2.45) is 5.92 Å². The number of nitrogens with one attached hydrogen (secondary N) is 1. The number of halogens is 2. The van der Waals surface area contributed by atoms with E-state index in [4.69, 9.17) is 21.1 Å². The lowest BCUT2D eigenvalue weighted by Gasteiger charge is -2.41. The van der Waals surface area contributed by atoms with Gasteiger partial charge in [-0.25, -0.2) is 9.18 Å². The summed E-state index contributed by atoms with van der Waals surface area (Å²) >= 11 is 6.05. The fourth-order valence-electron chi connectivity index (χ4n) is 4.56. The summed E-state index contributed by atoms with van der Waals surface area (Å²) in [5.41, 5.74) is 1.31. The summed E-state index contributed by atoms with van der Waals surface area (Å²) in [6.07, 6.45) is 1.07. The predicted molar refractivity (Wildman–Crippen MR) is 146 cm³/mol. The SMILES string of the molecule is CCOC(=O)C(CC(Cc1ccc(-c2cc(Cl)ccc2F)cc1)NC(=O)OC(C)(C)C)CN1CCC1CO. The Morgan fingerprint density at radius 2 is 1.92 bits per heavy atom. The van der Waals surface area contributed by atoms with Gasteiger partial charge in [-0.3, -0.25) is 9.69 Å². The molecule has 0 saturated carbocycles. The number of rotatable bonds is 11. The van der Waals surface area contributed by atoms with Crippen LogP contribution in [0, 0.1) is 11.7 Å². The summed E-state index contributed by atoms with van der Waals surface area (Å²) in [5.74, 6) is -1.20. The topological polar surface area (TPSA) is 88.1 Å². The lowest BCUT2D eigenvalue weighted by Crippen LogP contribution is -2.53. The maximum Gasteiger partial charge on any atom is 0.407 e. The summed E-state index contributed by atoms with van der Waals surface area (Å²) in [7, 11) is 0. The summed E-state index contributed by atoms with van der Waals surface area (Å²) in [6, 6.07) is 11.4. The van der Waals surface area contributed by atoms with Crippen LogP contribution in [0.1, 0.15) is 46.1 Å². The van der Waals surface area contributed by atoms with Gasteiger partial charge in [-0.2, -0.15) is 0 Å². The Bertz CT molecular complexity index is 1090. The number of carbonyl (C=O) groups is 2. The quantitative estimate of drug-likeness (QED) is 0.374. The molecule has 2 aromatic rings. The molecule has 2 aromatic carbocycles. The van der Waals surface area contributed by atoms with Crippen molar-refractivity contribution < 1.29 is 28.6 Å². The van der Waals surface area contributed by atoms with Gasteiger partial charge in [0.25, 0.3) is 0 Å². The fraction of sp³-hybridized carbons (Fsp3) is 0.517. The largest absolute Gasteiger partial charge is 0.466 e. The van der Waals surface area contributed by atoms with Crippen LogP contribution in [-0.2, 0) is 20.7 Å². The van der Waals surface area contributed by atoms with Crippen LogP contribution in [0.4, 0.5) is 9.18 Å². The van der Waals surface area contributed by atoms with E-state index in [0.717, 1.165) is 18.5 Å². The zero-order valence-electron chi connectivity index (χ0n) is 22.5. The average molecular weight is 549 g/mol. The number of amides is 1. The number of alkyl carbamates (subject to hydrolysis) is 1. The number of aliphatic hydroxyl groups is 1. The maximum atomic E-state index is 14.3. The van der Waals surface area contributed by atoms with Crippen molar-refractivity contribution in [3.05, 3.63) is 58.9 Å². The van der Waals surface area contributed by atoms with Crippen LogP contribution >= 0.6 is 11.6 Å². The smallest absolute Gasteiger partial charge is 0.407 e. The molecule has 0 radical (unpaired) electrons. The van der Waals surface area contributed by atoms with Crippen LogP contribution in [0.15, 0.2) is 42.5 Å². The monoisotopic (exact) mass is 548 g/mol. The average Bonchev–Trinajstić information content (AvgIpc) is 2.82. The molecule has 1 heterocycles. The van der Waals surface area contributed by atoms with Gasteiger partial charge in [0.1, 0.15) is 11.4 Å². The van der Waals surface area contributed by atoms with Crippen LogP contribution in [0.2, 0.25) is 5.02 Å². The van der Waals surface area contributed by atoms with Crippen molar-refractivity contribution in [1.29, 1.82) is 0 Å². The van der Waals surface area contributed by atoms with E-state index in [0.29, 0.717) is 35.5 Å². The number of nitrogens with zero attached hydrogens (tertiary/aromatic N) is 1. The Kier molecular flexibility index (Phi) is 10.5. The van der Waals surface area contributed by atoms with Crippen LogP contribution in [-0.4, -0.2) is 66.1 Å². The normalized spacial score (nSPS) is 17.3. The first-order chi connectivity index (χ1) is 18.0. The zero-order valence-corrected chi connectivity index (χ0v) is 23.3. The van der Waals surface area contributed by atoms with E-state index >= 15 is 0 Å². The van der Waals surface area contributed by atoms with Gasteiger partial charge in [0, 0.05) is 35.8 Å². The van der Waals surface area contributed by atoms with E-state index in [1.807, 2.05) is 24.3 Å². The van der Waals surface area contributed by atoms with Crippen molar-refractivity contribution in [3.63, 3.8) is 0 Å². The summed E-state index contributed by atoms with van der Waals surface area (Å²) in [6.45, 7) is 8.65. The third-order valence-corrected chi connectivity index (χ3v) is 6.75. The highest BCUT2D eigenvalue weighted by atomic mass is 35.5. The molecule has 9 heteroatoms. The van der Waals surface area contributed by atoms with E-state index in [1.165, 1.54) is 12.1 Å². The molecule has 3 atom stereocenters. The number of likely N-dealkylation sites (tertiary alicyclic amines) is 1. The highest BCUT2D eigenvalue weighted by Gasteiger charge is 2.34. The number of benzene rings is 2. The molecule has 208 valence electrons. The molecule has 7 nitrogen and oxygen atoms in total. The second-order valence-corrected chi connectivity index (χ2v) is 11.1. The summed E-state index contributed by atoms with van der Waals surface area (Å²) in [4.78, 5) is 27.6. The molecule has 3 rings (SSSR count). The molecule has 1 saturated heterocycles. The number of ether oxygens (including phenoxy) is 2. The first-order valence-corrected chi connectivity index (χ1v) is 13.4. The van der Waals surface area contributed by atoms with E-state index < -0.39 is 23.7 Å². The lowest BCUT2D eigenvalue weighted by atomic mass is 9.91. The van der Waals surface area contributed by atoms with Gasteiger partial charge >= 0.3 is 12.1 Å². The highest BCUT2D eigenvalue weighted by molar-refractivity contribution is 6.30. The molecule has 0 aliphatic carbocycles. The van der Waals surface area contributed by atoms with Crippen molar-refractivity contribution in [3.8, 4) is 11.1 Å². The summed E-state index contributed by atoms with van der Waals surface area (Å²) < 4.78 is 25.2. The molecule has 0 bridgehead atoms. The van der Waals surface area contributed by atoms with E-state index in [2.05, 4.69) is 10.2 Å². The summed E-state index contributed by atoms with van der Waals surface area (Å²) in [5, 5.41) is 13.0. The van der Waals surface area contributed by atoms with Crippen LogP contribution in [0.3, 0.4) is 0 Å². The number of hydrogen-bond donors (Lipinski definition) is 2. The minimum Gasteiger partial charge on any atom is -0.466 e. The van der Waals surface area contributed by atoms with Crippen LogP contribution < -0.4 is 5.32 Å². The molecule has 2 N–H and O–H groups in total. The van der Waals surface area contributed by atoms with Gasteiger partial charge < -0.3 is 19.9 Å². The number of hydrogen-bond acceptors (Lipinski definition) is 6. The maximum absolute atomic E-state index is 14.3. The fourth-order valence-corrected chi connectivity index (χ4v) is 4.74. The molecule has 3 unspecified atom stereocenters. The van der Waals surface area contributed by atoms with E-state index in [9.17, 15) is 19.1 Å². The number of carbonyl (C=O) groups excluding carboxylic acids is 2. The highest BCUT2D eigenvalue weighted by Crippen LogP contribution is 2.27. The third-order valence-electron chi connectivity index (χ3n) is 6.52. The molecule has 1 amide bonds. The van der Waals surface area contributed by atoms with Crippen molar-refractivity contribution in [2.75, 3.05) is 26.3 Å². The van der Waals surface area contributed by atoms with Crippen molar-refractivity contribution in [2.45, 2.75) is 64.6 Å². The van der Waals surface area contributed by atoms with Gasteiger partial charge in [-0.15, -0.1) is 0 Å². The molecule has 38 heavy (non-hydrogen) atoms.